The van der Waals surface area contributed by atoms with Crippen molar-refractivity contribution in [2.45, 2.75) is 51.1 Å². The van der Waals surface area contributed by atoms with Gasteiger partial charge in [0.05, 0.1) is 10.5 Å². The summed E-state index contributed by atoms with van der Waals surface area (Å²) in [5.74, 6) is -1.69. The SMILES string of the molecule is CC(C)N(C)S(=O)(=O)c1cccc(C(=O)OCC(=O)NC(=O)NC(C)(C)C)c1. The molecule has 3 amide bonds. The molecule has 0 saturated heterocycles. The molecule has 0 aromatic heterocycles. The molecule has 0 radical (unpaired) electrons. The molecule has 9 nitrogen and oxygen atoms in total. The third-order valence-electron chi connectivity index (χ3n) is 3.55. The monoisotopic (exact) mass is 413 g/mol. The van der Waals surface area contributed by atoms with Crippen molar-refractivity contribution >= 4 is 27.9 Å². The Morgan fingerprint density at radius 2 is 1.79 bits per heavy atom. The van der Waals surface area contributed by atoms with Crippen molar-refractivity contribution in [2.24, 2.45) is 0 Å². The van der Waals surface area contributed by atoms with E-state index in [1.807, 2.05) is 5.32 Å². The molecule has 28 heavy (non-hydrogen) atoms. The lowest BCUT2D eigenvalue weighted by Crippen LogP contribution is -2.49. The smallest absolute Gasteiger partial charge is 0.338 e. The lowest BCUT2D eigenvalue weighted by Gasteiger charge is -2.21. The standard InChI is InChI=1S/C18H27N3O6S/c1-12(2)21(6)28(25,26)14-9-7-8-13(10-14)16(23)27-11-15(22)19-17(24)20-18(3,4)5/h7-10,12H,11H2,1-6H3,(H2,19,20,22,24). The zero-order valence-electron chi connectivity index (χ0n) is 16.9. The van der Waals surface area contributed by atoms with Gasteiger partial charge in [-0.25, -0.2) is 18.0 Å². The number of amides is 3. The molecule has 1 aromatic carbocycles. The summed E-state index contributed by atoms with van der Waals surface area (Å²) in [5.41, 5.74) is -0.555. The molecule has 0 fully saturated rings. The Bertz CT molecular complexity index is 843. The number of hydrogen-bond acceptors (Lipinski definition) is 6. The minimum atomic E-state index is -3.77. The number of ether oxygens (including phenoxy) is 1. The number of urea groups is 1. The van der Waals surface area contributed by atoms with E-state index in [0.717, 1.165) is 0 Å². The van der Waals surface area contributed by atoms with Crippen LogP contribution >= 0.6 is 0 Å². The van der Waals surface area contributed by atoms with Crippen LogP contribution in [0, 0.1) is 0 Å². The highest BCUT2D eigenvalue weighted by Crippen LogP contribution is 2.18. The molecule has 0 unspecified atom stereocenters. The largest absolute Gasteiger partial charge is 0.452 e. The van der Waals surface area contributed by atoms with Crippen LogP contribution in [-0.2, 0) is 19.6 Å². The molecule has 0 aliphatic rings. The molecule has 1 aromatic rings. The molecule has 0 aliphatic carbocycles. The van der Waals surface area contributed by atoms with Crippen LogP contribution in [0.3, 0.4) is 0 Å². The van der Waals surface area contributed by atoms with Crippen molar-refractivity contribution in [1.29, 1.82) is 0 Å². The third kappa shape index (κ3) is 6.93. The van der Waals surface area contributed by atoms with Gasteiger partial charge in [0.2, 0.25) is 10.0 Å². The Balaban J connectivity index is 2.76. The van der Waals surface area contributed by atoms with Gasteiger partial charge in [-0.3, -0.25) is 10.1 Å². The van der Waals surface area contributed by atoms with Crippen molar-refractivity contribution in [3.05, 3.63) is 29.8 Å². The molecule has 1 rings (SSSR count). The van der Waals surface area contributed by atoms with E-state index in [0.29, 0.717) is 0 Å². The number of carbonyl (C=O) groups excluding carboxylic acids is 3. The van der Waals surface area contributed by atoms with Gasteiger partial charge in [-0.15, -0.1) is 0 Å². The summed E-state index contributed by atoms with van der Waals surface area (Å²) >= 11 is 0. The number of carbonyl (C=O) groups is 3. The molecule has 156 valence electrons. The maximum atomic E-state index is 12.5. The van der Waals surface area contributed by atoms with Crippen LogP contribution in [-0.4, -0.2) is 55.9 Å². The number of nitrogens with one attached hydrogen (secondary N) is 2. The Labute approximate surface area is 165 Å². The number of benzene rings is 1. The fourth-order valence-electron chi connectivity index (χ4n) is 1.98. The van der Waals surface area contributed by atoms with E-state index in [2.05, 4.69) is 5.32 Å². The first kappa shape index (κ1) is 23.6. The molecule has 0 aliphatic heterocycles. The minimum absolute atomic E-state index is 0.0230. The summed E-state index contributed by atoms with van der Waals surface area (Å²) < 4.78 is 31.1. The van der Waals surface area contributed by atoms with Crippen molar-refractivity contribution in [3.63, 3.8) is 0 Å². The number of imide groups is 1. The zero-order valence-corrected chi connectivity index (χ0v) is 17.7. The predicted octanol–water partition coefficient (Wildman–Crippen LogP) is 1.50. The molecular weight excluding hydrogens is 386 g/mol. The number of nitrogens with zero attached hydrogens (tertiary/aromatic N) is 1. The first-order valence-electron chi connectivity index (χ1n) is 8.61. The molecule has 0 saturated carbocycles. The molecule has 0 spiro atoms. The van der Waals surface area contributed by atoms with Gasteiger partial charge in [0.25, 0.3) is 5.91 Å². The predicted molar refractivity (Wildman–Crippen MR) is 103 cm³/mol. The van der Waals surface area contributed by atoms with Gasteiger partial charge in [-0.1, -0.05) is 6.07 Å². The summed E-state index contributed by atoms with van der Waals surface area (Å²) in [6.07, 6.45) is 0. The second kappa shape index (κ2) is 9.16. The molecule has 10 heteroatoms. The van der Waals surface area contributed by atoms with Crippen molar-refractivity contribution in [1.82, 2.24) is 14.9 Å². The second-order valence-electron chi connectivity index (χ2n) is 7.47. The number of hydrogen-bond donors (Lipinski definition) is 2. The normalized spacial score (nSPS) is 12.0. The second-order valence-corrected chi connectivity index (χ2v) is 9.47. The van der Waals surface area contributed by atoms with Crippen molar-refractivity contribution in [2.75, 3.05) is 13.7 Å². The van der Waals surface area contributed by atoms with Crippen LogP contribution in [0.15, 0.2) is 29.2 Å². The first-order chi connectivity index (χ1) is 12.7. The zero-order chi connectivity index (χ0) is 21.7. The van der Waals surface area contributed by atoms with Gasteiger partial charge in [0.1, 0.15) is 0 Å². The number of rotatable bonds is 6. The van der Waals surface area contributed by atoms with E-state index >= 15 is 0 Å². The maximum absolute atomic E-state index is 12.5. The summed E-state index contributed by atoms with van der Waals surface area (Å²) in [7, 11) is -2.32. The van der Waals surface area contributed by atoms with Crippen LogP contribution < -0.4 is 10.6 Å². The lowest BCUT2D eigenvalue weighted by molar-refractivity contribution is -0.123. The van der Waals surface area contributed by atoms with Gasteiger partial charge in [-0.05, 0) is 52.8 Å². The average molecular weight is 413 g/mol. The Morgan fingerprint density at radius 3 is 2.32 bits per heavy atom. The van der Waals surface area contributed by atoms with Crippen LogP contribution in [0.1, 0.15) is 45.0 Å². The summed E-state index contributed by atoms with van der Waals surface area (Å²) in [6.45, 7) is 8.01. The van der Waals surface area contributed by atoms with Gasteiger partial charge in [0.15, 0.2) is 6.61 Å². The average Bonchev–Trinajstić information content (AvgIpc) is 2.57. The highest BCUT2D eigenvalue weighted by molar-refractivity contribution is 7.89. The van der Waals surface area contributed by atoms with Gasteiger partial charge < -0.3 is 10.1 Å². The van der Waals surface area contributed by atoms with Gasteiger partial charge in [0, 0.05) is 18.6 Å². The van der Waals surface area contributed by atoms with E-state index in [1.54, 1.807) is 34.6 Å². The highest BCUT2D eigenvalue weighted by atomic mass is 32.2. The van der Waals surface area contributed by atoms with E-state index in [-0.39, 0.29) is 16.5 Å². The summed E-state index contributed by atoms with van der Waals surface area (Å²) in [6, 6.07) is 4.37. The van der Waals surface area contributed by atoms with Crippen LogP contribution in [0.4, 0.5) is 4.79 Å². The third-order valence-corrected chi connectivity index (χ3v) is 5.58. The summed E-state index contributed by atoms with van der Waals surface area (Å²) in [4.78, 5) is 35.4. The van der Waals surface area contributed by atoms with Crippen LogP contribution in [0.2, 0.25) is 0 Å². The molecule has 0 heterocycles. The Kier molecular flexibility index (Phi) is 7.71. The van der Waals surface area contributed by atoms with Crippen molar-refractivity contribution in [3.8, 4) is 0 Å². The lowest BCUT2D eigenvalue weighted by atomic mass is 10.1. The van der Waals surface area contributed by atoms with Gasteiger partial charge in [-0.2, -0.15) is 4.31 Å². The minimum Gasteiger partial charge on any atom is -0.452 e. The quantitative estimate of drug-likeness (QED) is 0.682. The van der Waals surface area contributed by atoms with Gasteiger partial charge >= 0.3 is 12.0 Å². The summed E-state index contributed by atoms with van der Waals surface area (Å²) in [5, 5.41) is 4.57. The van der Waals surface area contributed by atoms with Crippen LogP contribution in [0.5, 0.6) is 0 Å². The molecule has 0 atom stereocenters. The van der Waals surface area contributed by atoms with E-state index in [1.165, 1.54) is 35.6 Å². The topological polar surface area (TPSA) is 122 Å². The fourth-order valence-corrected chi connectivity index (χ4v) is 3.39. The number of sulfonamides is 1. The number of esters is 1. The molecular formula is C18H27N3O6S. The highest BCUT2D eigenvalue weighted by Gasteiger charge is 2.24. The Morgan fingerprint density at radius 1 is 1.18 bits per heavy atom. The molecule has 2 N–H and O–H groups in total. The Hall–Kier alpha value is -2.46. The van der Waals surface area contributed by atoms with Crippen molar-refractivity contribution < 1.29 is 27.5 Å². The van der Waals surface area contributed by atoms with E-state index in [4.69, 9.17) is 4.74 Å². The van der Waals surface area contributed by atoms with Crippen LogP contribution in [0.25, 0.3) is 0 Å². The molecule has 0 bridgehead atoms. The fraction of sp³-hybridized carbons (Fsp3) is 0.500. The van der Waals surface area contributed by atoms with E-state index < -0.39 is 40.1 Å². The first-order valence-corrected chi connectivity index (χ1v) is 10.1. The maximum Gasteiger partial charge on any atom is 0.338 e. The van der Waals surface area contributed by atoms with E-state index in [9.17, 15) is 22.8 Å².